The number of carbonyl (C=O) groups excluding carboxylic acids is 1. The topological polar surface area (TPSA) is 59.4 Å². The Labute approximate surface area is 200 Å². The van der Waals surface area contributed by atoms with Gasteiger partial charge in [0.1, 0.15) is 12.1 Å². The average molecular weight is 455 g/mol. The van der Waals surface area contributed by atoms with Crippen LogP contribution in [0, 0.1) is 0 Å². The largest absolute Gasteiger partial charge is 0.497 e. The molecule has 1 amide bonds. The third kappa shape index (κ3) is 4.68. The van der Waals surface area contributed by atoms with E-state index >= 15 is 0 Å². The molecule has 1 N–H and O–H groups in total. The van der Waals surface area contributed by atoms with Crippen LogP contribution in [0.5, 0.6) is 5.75 Å². The molecule has 6 heteroatoms. The number of piperidine rings is 1. The van der Waals surface area contributed by atoms with Gasteiger partial charge in [-0.2, -0.15) is 0 Å². The molecule has 3 aromatic carbocycles. The van der Waals surface area contributed by atoms with Crippen molar-refractivity contribution in [2.24, 2.45) is 0 Å². The van der Waals surface area contributed by atoms with Crippen LogP contribution < -0.4 is 10.1 Å². The molecule has 1 fully saturated rings. The number of likely N-dealkylation sites (tertiary alicyclic amines) is 1. The Morgan fingerprint density at radius 2 is 1.71 bits per heavy atom. The first-order valence-electron chi connectivity index (χ1n) is 11.9. The van der Waals surface area contributed by atoms with E-state index < -0.39 is 0 Å². The minimum absolute atomic E-state index is 0.0578. The SMILES string of the molecule is COc1ccc([C@H](CNC(=O)c2ccc(-n3cnc4ccccc43)cc2)N2CCCCC2)cc1. The van der Waals surface area contributed by atoms with Gasteiger partial charge in [-0.05, 0) is 80.0 Å². The number of hydrogen-bond donors (Lipinski definition) is 1. The predicted octanol–water partition coefficient (Wildman–Crippen LogP) is 4.99. The minimum Gasteiger partial charge on any atom is -0.497 e. The van der Waals surface area contributed by atoms with Crippen LogP contribution >= 0.6 is 0 Å². The van der Waals surface area contributed by atoms with Gasteiger partial charge in [0.15, 0.2) is 0 Å². The monoisotopic (exact) mass is 454 g/mol. The molecular weight excluding hydrogens is 424 g/mol. The quantitative estimate of drug-likeness (QED) is 0.427. The number of ether oxygens (including phenoxy) is 1. The van der Waals surface area contributed by atoms with Gasteiger partial charge in [0, 0.05) is 17.8 Å². The highest BCUT2D eigenvalue weighted by molar-refractivity contribution is 5.94. The lowest BCUT2D eigenvalue weighted by Gasteiger charge is -2.35. The summed E-state index contributed by atoms with van der Waals surface area (Å²) in [4.78, 5) is 19.9. The fourth-order valence-corrected chi connectivity index (χ4v) is 4.74. The fourth-order valence-electron chi connectivity index (χ4n) is 4.74. The molecule has 5 rings (SSSR count). The van der Waals surface area contributed by atoms with Crippen molar-refractivity contribution in [1.82, 2.24) is 19.8 Å². The lowest BCUT2D eigenvalue weighted by Crippen LogP contribution is -2.40. The Morgan fingerprint density at radius 3 is 2.44 bits per heavy atom. The molecule has 2 heterocycles. The number of nitrogens with one attached hydrogen (secondary N) is 1. The van der Waals surface area contributed by atoms with Gasteiger partial charge in [-0.25, -0.2) is 4.98 Å². The molecule has 1 saturated heterocycles. The molecule has 1 aliphatic heterocycles. The molecule has 174 valence electrons. The smallest absolute Gasteiger partial charge is 0.251 e. The number of para-hydroxylation sites is 2. The molecule has 0 unspecified atom stereocenters. The Morgan fingerprint density at radius 1 is 0.971 bits per heavy atom. The molecule has 4 aromatic rings. The fraction of sp³-hybridized carbons (Fsp3) is 0.286. The van der Waals surface area contributed by atoms with Gasteiger partial charge in [-0.3, -0.25) is 14.3 Å². The lowest BCUT2D eigenvalue weighted by atomic mass is 10.0. The molecule has 0 bridgehead atoms. The summed E-state index contributed by atoms with van der Waals surface area (Å²) in [5.74, 6) is 0.786. The molecule has 0 aliphatic carbocycles. The van der Waals surface area contributed by atoms with E-state index in [1.165, 1.54) is 24.8 Å². The van der Waals surface area contributed by atoms with Crippen molar-refractivity contribution in [3.05, 3.63) is 90.3 Å². The Balaban J connectivity index is 1.29. The number of methoxy groups -OCH3 is 1. The van der Waals surface area contributed by atoms with Gasteiger partial charge in [0.05, 0.1) is 24.2 Å². The van der Waals surface area contributed by atoms with Crippen LogP contribution in [0.15, 0.2) is 79.1 Å². The third-order valence-corrected chi connectivity index (χ3v) is 6.65. The second-order valence-electron chi connectivity index (χ2n) is 8.75. The number of benzene rings is 3. The van der Waals surface area contributed by atoms with Crippen LogP contribution in [0.3, 0.4) is 0 Å². The van der Waals surface area contributed by atoms with Crippen molar-refractivity contribution in [2.75, 3.05) is 26.7 Å². The number of imidazole rings is 1. The van der Waals surface area contributed by atoms with Crippen molar-refractivity contribution < 1.29 is 9.53 Å². The van der Waals surface area contributed by atoms with Crippen LogP contribution in [0.25, 0.3) is 16.7 Å². The van der Waals surface area contributed by atoms with Crippen molar-refractivity contribution in [3.8, 4) is 11.4 Å². The van der Waals surface area contributed by atoms with E-state index in [2.05, 4.69) is 27.3 Å². The predicted molar refractivity (Wildman–Crippen MR) is 135 cm³/mol. The number of fused-ring (bicyclic) bond motifs is 1. The van der Waals surface area contributed by atoms with Crippen LogP contribution in [-0.2, 0) is 0 Å². The molecular formula is C28H30N4O2. The summed E-state index contributed by atoms with van der Waals surface area (Å²) in [7, 11) is 1.68. The lowest BCUT2D eigenvalue weighted by molar-refractivity contribution is 0.0924. The molecule has 0 radical (unpaired) electrons. The van der Waals surface area contributed by atoms with Crippen LogP contribution in [0.2, 0.25) is 0 Å². The zero-order valence-corrected chi connectivity index (χ0v) is 19.5. The summed E-state index contributed by atoms with van der Waals surface area (Å²) in [6, 6.07) is 24.1. The van der Waals surface area contributed by atoms with Gasteiger partial charge < -0.3 is 10.1 Å². The zero-order chi connectivity index (χ0) is 23.3. The molecule has 0 saturated carbocycles. The van der Waals surface area contributed by atoms with Gasteiger partial charge in [0.2, 0.25) is 0 Å². The van der Waals surface area contributed by atoms with Gasteiger partial charge in [0.25, 0.3) is 5.91 Å². The summed E-state index contributed by atoms with van der Waals surface area (Å²) in [5.41, 5.74) is 4.83. The Hall–Kier alpha value is -3.64. The summed E-state index contributed by atoms with van der Waals surface area (Å²) >= 11 is 0. The molecule has 1 aromatic heterocycles. The van der Waals surface area contributed by atoms with Crippen molar-refractivity contribution in [2.45, 2.75) is 25.3 Å². The number of hydrogen-bond acceptors (Lipinski definition) is 4. The second kappa shape index (κ2) is 10.1. The number of nitrogens with zero attached hydrogens (tertiary/aromatic N) is 3. The average Bonchev–Trinajstić information content (AvgIpc) is 3.34. The number of aromatic nitrogens is 2. The first kappa shape index (κ1) is 22.2. The maximum absolute atomic E-state index is 13.0. The second-order valence-corrected chi connectivity index (χ2v) is 8.75. The van der Waals surface area contributed by atoms with Crippen LogP contribution in [-0.4, -0.2) is 47.1 Å². The van der Waals surface area contributed by atoms with E-state index in [0.29, 0.717) is 12.1 Å². The zero-order valence-electron chi connectivity index (χ0n) is 19.5. The van der Waals surface area contributed by atoms with Crippen molar-refractivity contribution in [1.29, 1.82) is 0 Å². The maximum atomic E-state index is 13.0. The first-order chi connectivity index (χ1) is 16.7. The Kier molecular flexibility index (Phi) is 6.58. The molecule has 1 atom stereocenters. The molecule has 34 heavy (non-hydrogen) atoms. The van der Waals surface area contributed by atoms with Crippen LogP contribution in [0.1, 0.15) is 41.2 Å². The third-order valence-electron chi connectivity index (χ3n) is 6.65. The summed E-state index contributed by atoms with van der Waals surface area (Å²) < 4.78 is 7.36. The normalized spacial score (nSPS) is 15.2. The van der Waals surface area contributed by atoms with E-state index in [1.54, 1.807) is 7.11 Å². The van der Waals surface area contributed by atoms with Crippen molar-refractivity contribution >= 4 is 16.9 Å². The summed E-state index contributed by atoms with van der Waals surface area (Å²) in [5, 5.41) is 3.18. The van der Waals surface area contributed by atoms with Gasteiger partial charge in [-0.15, -0.1) is 0 Å². The number of rotatable bonds is 7. The molecule has 6 nitrogen and oxygen atoms in total. The summed E-state index contributed by atoms with van der Waals surface area (Å²) in [6.45, 7) is 2.68. The highest BCUT2D eigenvalue weighted by Gasteiger charge is 2.23. The highest BCUT2D eigenvalue weighted by atomic mass is 16.5. The van der Waals surface area contributed by atoms with E-state index in [-0.39, 0.29) is 11.9 Å². The highest BCUT2D eigenvalue weighted by Crippen LogP contribution is 2.26. The van der Waals surface area contributed by atoms with Gasteiger partial charge >= 0.3 is 0 Å². The van der Waals surface area contributed by atoms with Crippen LogP contribution in [0.4, 0.5) is 0 Å². The van der Waals surface area contributed by atoms with E-state index in [9.17, 15) is 4.79 Å². The maximum Gasteiger partial charge on any atom is 0.251 e. The standard InChI is InChI=1S/C28H30N4O2/c1-34-24-15-11-21(12-16-24)27(31-17-5-2-6-18-31)19-29-28(33)22-9-13-23(14-10-22)32-20-30-25-7-3-4-8-26(25)32/h3-4,7-16,20,27H,2,5-6,17-19H2,1H3,(H,29,33)/t27-/m0/s1. The molecule has 0 spiro atoms. The Bertz CT molecular complexity index is 1240. The van der Waals surface area contributed by atoms with Crippen molar-refractivity contribution in [3.63, 3.8) is 0 Å². The van der Waals surface area contributed by atoms with E-state index in [1.807, 2.05) is 71.6 Å². The van der Waals surface area contributed by atoms with Gasteiger partial charge in [-0.1, -0.05) is 30.7 Å². The van der Waals surface area contributed by atoms with E-state index in [4.69, 9.17) is 4.74 Å². The van der Waals surface area contributed by atoms with E-state index in [0.717, 1.165) is 35.6 Å². The molecule has 1 aliphatic rings. The first-order valence-corrected chi connectivity index (χ1v) is 11.9. The summed E-state index contributed by atoms with van der Waals surface area (Å²) in [6.07, 6.45) is 5.49. The minimum atomic E-state index is -0.0578. The number of carbonyl (C=O) groups is 1. The number of amides is 1.